The van der Waals surface area contributed by atoms with Crippen molar-refractivity contribution in [2.45, 2.75) is 161 Å². The van der Waals surface area contributed by atoms with Crippen LogP contribution in [0, 0.1) is 63.6 Å². The molecule has 0 saturated heterocycles. The summed E-state index contributed by atoms with van der Waals surface area (Å²) in [5.74, 6) is 0.464. The number of aromatic nitrogens is 2. The van der Waals surface area contributed by atoms with E-state index in [1.54, 1.807) is 22.8 Å². The second kappa shape index (κ2) is 13.7. The largest absolute Gasteiger partial charge is 0.396 e. The minimum Gasteiger partial charge on any atom is -0.396 e. The van der Waals surface area contributed by atoms with Gasteiger partial charge in [0.15, 0.2) is 5.78 Å². The van der Waals surface area contributed by atoms with E-state index in [0.29, 0.717) is 31.1 Å². The Kier molecular flexibility index (Phi) is 9.60. The number of hydrogen-bond donors (Lipinski definition) is 5. The molecule has 302 valence electrons. The minimum absolute atomic E-state index is 0.0102. The smallest absolute Gasteiger partial charge is 0.159 e. The lowest BCUT2D eigenvalue weighted by atomic mass is 9.44. The molecular formula is C47H68N2O6. The standard InChI is InChI=1S/C47H68N2O6/c1-44(2,16-18-49-19-17-48-26-49)42-31-12-6-5-11-29(31)30-13-7-9-27-21-32(43(54)41(42)40(27)30)34-22-28(10-8-20-50)47(55)35-23-37(51)36-24-38(52)39(53)25-45(36,3)33(35)14-15-46(34,47)4/h17,19,23,26-29,32-34,36,38-39,41,43,50,52-55H,5-16,18,20-22,24-25H2,1-4H3/t27-,28-,29+,32+,33+,34-,36+,38-,39+,41-,43+,45-,46-,47-/m1/s1. The molecule has 0 amide bonds. The highest BCUT2D eigenvalue weighted by atomic mass is 16.3. The molecule has 5 saturated carbocycles. The van der Waals surface area contributed by atoms with Crippen LogP contribution >= 0.6 is 0 Å². The van der Waals surface area contributed by atoms with Gasteiger partial charge >= 0.3 is 0 Å². The Bertz CT molecular complexity index is 1760. The van der Waals surface area contributed by atoms with Crippen molar-refractivity contribution < 1.29 is 30.3 Å². The quantitative estimate of drug-likeness (QED) is 0.179. The van der Waals surface area contributed by atoms with Crippen molar-refractivity contribution in [2.75, 3.05) is 6.61 Å². The van der Waals surface area contributed by atoms with Crippen molar-refractivity contribution in [1.82, 2.24) is 9.55 Å². The number of aliphatic hydroxyl groups is 5. The van der Waals surface area contributed by atoms with Crippen molar-refractivity contribution in [3.63, 3.8) is 0 Å². The van der Waals surface area contributed by atoms with Crippen LogP contribution in [0.5, 0.6) is 0 Å². The van der Waals surface area contributed by atoms with Gasteiger partial charge in [-0.15, -0.1) is 0 Å². The highest BCUT2D eigenvalue weighted by Gasteiger charge is 2.71. The van der Waals surface area contributed by atoms with Gasteiger partial charge in [0.25, 0.3) is 0 Å². The van der Waals surface area contributed by atoms with Crippen LogP contribution in [0.25, 0.3) is 0 Å². The second-order valence-electron chi connectivity index (χ2n) is 20.9. The molecule has 5 N–H and O–H groups in total. The molecule has 9 rings (SSSR count). The van der Waals surface area contributed by atoms with E-state index in [2.05, 4.69) is 43.4 Å². The van der Waals surface area contributed by atoms with E-state index in [1.165, 1.54) is 37.7 Å². The summed E-state index contributed by atoms with van der Waals surface area (Å²) in [6, 6.07) is 0. The van der Waals surface area contributed by atoms with Crippen molar-refractivity contribution >= 4 is 5.78 Å². The van der Waals surface area contributed by atoms with E-state index in [1.807, 2.05) is 12.5 Å². The second-order valence-corrected chi connectivity index (χ2v) is 20.9. The van der Waals surface area contributed by atoms with E-state index in [9.17, 15) is 30.3 Å². The molecule has 8 aliphatic carbocycles. The van der Waals surface area contributed by atoms with Crippen LogP contribution in [0.4, 0.5) is 0 Å². The molecule has 0 aromatic carbocycles. The van der Waals surface area contributed by atoms with Crippen molar-refractivity contribution in [3.05, 3.63) is 52.7 Å². The number of rotatable bonds is 8. The topological polar surface area (TPSA) is 136 Å². The third-order valence-electron chi connectivity index (χ3n) is 18.1. The first kappa shape index (κ1) is 38.4. The van der Waals surface area contributed by atoms with E-state index in [4.69, 9.17) is 0 Å². The molecule has 8 nitrogen and oxygen atoms in total. The Morgan fingerprint density at radius 3 is 2.53 bits per heavy atom. The number of allylic oxidation sites excluding steroid dienone is 3. The van der Waals surface area contributed by atoms with Crippen LogP contribution in [0.2, 0.25) is 0 Å². The van der Waals surface area contributed by atoms with E-state index in [-0.39, 0.29) is 59.7 Å². The molecule has 14 atom stereocenters. The third-order valence-corrected chi connectivity index (χ3v) is 18.1. The zero-order chi connectivity index (χ0) is 38.7. The summed E-state index contributed by atoms with van der Waals surface area (Å²) in [5, 5.41) is 58.7. The molecule has 5 fully saturated rings. The molecule has 0 aliphatic heterocycles. The van der Waals surface area contributed by atoms with Crippen LogP contribution in [0.15, 0.2) is 52.7 Å². The number of imidazole rings is 1. The van der Waals surface area contributed by atoms with Gasteiger partial charge in [-0.25, -0.2) is 4.98 Å². The lowest BCUT2D eigenvalue weighted by Crippen LogP contribution is -2.63. The Labute approximate surface area is 328 Å². The highest BCUT2D eigenvalue weighted by Crippen LogP contribution is 2.72. The first-order valence-corrected chi connectivity index (χ1v) is 22.3. The molecule has 8 heteroatoms. The van der Waals surface area contributed by atoms with Gasteiger partial charge in [0.05, 0.1) is 30.2 Å². The lowest BCUT2D eigenvalue weighted by molar-refractivity contribution is -0.161. The summed E-state index contributed by atoms with van der Waals surface area (Å²) in [6.07, 6.45) is 19.9. The summed E-state index contributed by atoms with van der Waals surface area (Å²) in [5.41, 5.74) is 4.81. The van der Waals surface area contributed by atoms with Gasteiger partial charge in [-0.05, 0) is 148 Å². The number of carbonyl (C=O) groups is 1. The van der Waals surface area contributed by atoms with Crippen LogP contribution < -0.4 is 0 Å². The molecule has 0 bridgehead atoms. The van der Waals surface area contributed by atoms with Gasteiger partial charge < -0.3 is 30.1 Å². The molecular weight excluding hydrogens is 689 g/mol. The van der Waals surface area contributed by atoms with E-state index >= 15 is 0 Å². The Hall–Kier alpha value is -2.10. The number of aliphatic hydroxyl groups excluding tert-OH is 4. The average molecular weight is 757 g/mol. The van der Waals surface area contributed by atoms with Gasteiger partial charge in [-0.3, -0.25) is 4.79 Å². The summed E-state index contributed by atoms with van der Waals surface area (Å²) in [6.45, 7) is 10.2. The highest BCUT2D eigenvalue weighted by molar-refractivity contribution is 5.95. The third kappa shape index (κ3) is 5.60. The number of ketones is 1. The van der Waals surface area contributed by atoms with Crippen LogP contribution in [0.1, 0.15) is 130 Å². The average Bonchev–Trinajstić information content (AvgIpc) is 3.77. The van der Waals surface area contributed by atoms with Crippen molar-refractivity contribution in [2.24, 2.45) is 63.6 Å². The zero-order valence-corrected chi connectivity index (χ0v) is 33.9. The Morgan fingerprint density at radius 2 is 1.76 bits per heavy atom. The maximum atomic E-state index is 14.1. The van der Waals surface area contributed by atoms with Gasteiger partial charge in [0, 0.05) is 48.7 Å². The Balaban J connectivity index is 1.12. The normalized spacial score (nSPS) is 45.4. The molecule has 1 heterocycles. The fourth-order valence-corrected chi connectivity index (χ4v) is 15.5. The van der Waals surface area contributed by atoms with E-state index in [0.717, 1.165) is 57.1 Å². The molecule has 55 heavy (non-hydrogen) atoms. The maximum absolute atomic E-state index is 14.1. The summed E-state index contributed by atoms with van der Waals surface area (Å²) >= 11 is 0. The molecule has 1 aromatic heterocycles. The van der Waals surface area contributed by atoms with Gasteiger partial charge in [0.2, 0.25) is 0 Å². The van der Waals surface area contributed by atoms with Crippen LogP contribution in [0.3, 0.4) is 0 Å². The number of fused-ring (bicyclic) bond motifs is 7. The summed E-state index contributed by atoms with van der Waals surface area (Å²) < 4.78 is 2.19. The molecule has 0 radical (unpaired) electrons. The first-order valence-electron chi connectivity index (χ1n) is 22.3. The van der Waals surface area contributed by atoms with Gasteiger partial charge in [-0.1, -0.05) is 56.4 Å². The van der Waals surface area contributed by atoms with Crippen LogP contribution in [-0.2, 0) is 11.3 Å². The van der Waals surface area contributed by atoms with Crippen LogP contribution in [-0.4, -0.2) is 71.4 Å². The number of hydrogen-bond acceptors (Lipinski definition) is 7. The Morgan fingerprint density at radius 1 is 0.964 bits per heavy atom. The molecule has 0 unspecified atom stereocenters. The summed E-state index contributed by atoms with van der Waals surface area (Å²) in [7, 11) is 0. The zero-order valence-electron chi connectivity index (χ0n) is 33.9. The van der Waals surface area contributed by atoms with Crippen molar-refractivity contribution in [1.29, 1.82) is 0 Å². The number of carbonyl (C=O) groups excluding carboxylic acids is 1. The lowest BCUT2D eigenvalue weighted by Gasteiger charge is -2.62. The fourth-order valence-electron chi connectivity index (χ4n) is 15.5. The fraction of sp³-hybridized carbons (Fsp3) is 0.787. The molecule has 8 aliphatic rings. The van der Waals surface area contributed by atoms with E-state index < -0.39 is 34.7 Å². The maximum Gasteiger partial charge on any atom is 0.159 e. The monoisotopic (exact) mass is 757 g/mol. The van der Waals surface area contributed by atoms with Gasteiger partial charge in [-0.2, -0.15) is 0 Å². The number of nitrogens with zero attached hydrogens (tertiary/aromatic N) is 2. The SMILES string of the molecule is CC(C)(CCn1ccnc1)C1=C2CCCC[C@H]2C2=C3[C@H](CCC2)C[C@@H]([C@H]2C[C@@H](CCCO)[C@@]4(O)C5=CC(=O)[C@@H]6C[C@@H](O)[C@@H](O)C[C@]6(C)[C@H]5CC[C@]24C)[C@H](O)[C@H]31. The molecule has 1 aromatic rings. The van der Waals surface area contributed by atoms with Crippen molar-refractivity contribution in [3.8, 4) is 0 Å². The predicted molar refractivity (Wildman–Crippen MR) is 211 cm³/mol. The summed E-state index contributed by atoms with van der Waals surface area (Å²) in [4.78, 5) is 18.4. The molecule has 0 spiro atoms. The predicted octanol–water partition coefficient (Wildman–Crippen LogP) is 7.10. The minimum atomic E-state index is -1.25. The number of aryl methyl sites for hydroxylation is 1. The first-order chi connectivity index (χ1) is 26.2. The van der Waals surface area contributed by atoms with Gasteiger partial charge in [0.1, 0.15) is 0 Å².